The summed E-state index contributed by atoms with van der Waals surface area (Å²) in [4.78, 5) is 25.2. The number of amides is 2. The molecular weight excluding hydrogens is 352 g/mol. The van der Waals surface area contributed by atoms with Crippen LogP contribution in [0.25, 0.3) is 6.08 Å². The summed E-state index contributed by atoms with van der Waals surface area (Å²) in [5.74, 6) is -0.300. The van der Waals surface area contributed by atoms with Gasteiger partial charge in [0.05, 0.1) is 9.93 Å². The minimum atomic E-state index is -0.300. The highest BCUT2D eigenvalue weighted by Crippen LogP contribution is 2.33. The number of rotatable bonds is 3. The average Bonchev–Trinajstić information content (AvgIpc) is 2.62. The van der Waals surface area contributed by atoms with Gasteiger partial charge in [0.15, 0.2) is 0 Å². The molecule has 1 fully saturated rings. The van der Waals surface area contributed by atoms with Gasteiger partial charge >= 0.3 is 0 Å². The van der Waals surface area contributed by atoms with Crippen molar-refractivity contribution in [3.63, 3.8) is 0 Å². The van der Waals surface area contributed by atoms with Gasteiger partial charge in [0, 0.05) is 17.6 Å². The number of benzene rings is 1. The van der Waals surface area contributed by atoms with E-state index in [1.165, 1.54) is 0 Å². The van der Waals surface area contributed by atoms with E-state index in [0.29, 0.717) is 9.93 Å². The Labute approximate surface area is 128 Å². The van der Waals surface area contributed by atoms with Crippen LogP contribution in [0, 0.1) is 0 Å². The Balaban J connectivity index is 2.27. The van der Waals surface area contributed by atoms with E-state index in [1.807, 2.05) is 0 Å². The number of halogens is 2. The van der Waals surface area contributed by atoms with Gasteiger partial charge in [0.25, 0.3) is 11.1 Å². The van der Waals surface area contributed by atoms with Crippen molar-refractivity contribution in [1.29, 1.82) is 0 Å². The lowest BCUT2D eigenvalue weighted by Gasteiger charge is -2.09. The van der Waals surface area contributed by atoms with Gasteiger partial charge in [0.2, 0.25) is 0 Å². The Hall–Kier alpha value is -0.820. The molecule has 1 aliphatic rings. The molecule has 4 nitrogen and oxygen atoms in total. The number of nitrogens with two attached hydrogens (primary N) is 1. The Kier molecular flexibility index (Phi) is 4.67. The van der Waals surface area contributed by atoms with Crippen molar-refractivity contribution in [3.8, 4) is 0 Å². The third kappa shape index (κ3) is 3.20. The second kappa shape index (κ2) is 6.09. The summed E-state index contributed by atoms with van der Waals surface area (Å²) in [6.45, 7) is 0.504. The van der Waals surface area contributed by atoms with E-state index >= 15 is 0 Å². The maximum atomic E-state index is 12.0. The third-order valence-corrected chi connectivity index (χ3v) is 4.59. The maximum Gasteiger partial charge on any atom is 0.293 e. The van der Waals surface area contributed by atoms with Gasteiger partial charge in [-0.1, -0.05) is 17.7 Å². The zero-order valence-electron chi connectivity index (χ0n) is 9.73. The lowest BCUT2D eigenvalue weighted by Crippen LogP contribution is -2.33. The van der Waals surface area contributed by atoms with Crippen molar-refractivity contribution in [2.75, 3.05) is 13.1 Å². The fraction of sp³-hybridized carbons (Fsp3) is 0.167. The van der Waals surface area contributed by atoms with Gasteiger partial charge in [-0.15, -0.1) is 0 Å². The molecule has 0 spiro atoms. The van der Waals surface area contributed by atoms with Crippen LogP contribution >= 0.6 is 39.3 Å². The smallest absolute Gasteiger partial charge is 0.293 e. The molecule has 0 aliphatic carbocycles. The zero-order chi connectivity index (χ0) is 14.0. The molecule has 2 rings (SSSR count). The van der Waals surface area contributed by atoms with Crippen molar-refractivity contribution in [1.82, 2.24) is 4.90 Å². The number of thioether (sulfide) groups is 1. The van der Waals surface area contributed by atoms with Crippen LogP contribution in [0.1, 0.15) is 5.56 Å². The number of imide groups is 1. The number of nitrogens with zero attached hydrogens (tertiary/aromatic N) is 1. The van der Waals surface area contributed by atoms with E-state index in [0.717, 1.165) is 26.7 Å². The Morgan fingerprint density at radius 1 is 1.42 bits per heavy atom. The van der Waals surface area contributed by atoms with Gasteiger partial charge in [-0.05, 0) is 51.5 Å². The highest BCUT2D eigenvalue weighted by molar-refractivity contribution is 9.10. The third-order valence-electron chi connectivity index (χ3n) is 2.47. The monoisotopic (exact) mass is 360 g/mol. The van der Waals surface area contributed by atoms with Gasteiger partial charge in [-0.3, -0.25) is 14.5 Å². The Morgan fingerprint density at radius 2 is 2.16 bits per heavy atom. The van der Waals surface area contributed by atoms with E-state index in [-0.39, 0.29) is 24.2 Å². The first-order valence-corrected chi connectivity index (χ1v) is 7.42. The van der Waals surface area contributed by atoms with Crippen LogP contribution in [0.15, 0.2) is 27.6 Å². The standard InChI is InChI=1S/C12H10BrClN2O2S/c13-8-5-7(1-2-9(8)14)6-10-11(17)16(4-3-15)12(18)19-10/h1-2,5-6H,3-4,15H2/b10-6+. The summed E-state index contributed by atoms with van der Waals surface area (Å²) in [7, 11) is 0. The van der Waals surface area contributed by atoms with Crippen LogP contribution in [0.4, 0.5) is 4.79 Å². The molecule has 1 heterocycles. The number of carbonyl (C=O) groups is 2. The molecule has 1 saturated heterocycles. The number of carbonyl (C=O) groups excluding carboxylic acids is 2. The van der Waals surface area contributed by atoms with Gasteiger partial charge in [0.1, 0.15) is 0 Å². The molecule has 0 aromatic heterocycles. The Morgan fingerprint density at radius 3 is 2.79 bits per heavy atom. The van der Waals surface area contributed by atoms with E-state index in [1.54, 1.807) is 24.3 Å². The highest BCUT2D eigenvalue weighted by atomic mass is 79.9. The van der Waals surface area contributed by atoms with Crippen LogP contribution in [-0.4, -0.2) is 29.1 Å². The van der Waals surface area contributed by atoms with Crippen LogP contribution in [0.3, 0.4) is 0 Å². The fourth-order valence-electron chi connectivity index (χ4n) is 1.58. The summed E-state index contributed by atoms with van der Waals surface area (Å²) in [5, 5.41) is 0.308. The van der Waals surface area contributed by atoms with E-state index in [4.69, 9.17) is 17.3 Å². The first-order chi connectivity index (χ1) is 9.02. The molecule has 19 heavy (non-hydrogen) atoms. The first-order valence-electron chi connectivity index (χ1n) is 5.43. The van der Waals surface area contributed by atoms with Crippen molar-refractivity contribution in [3.05, 3.63) is 38.2 Å². The highest BCUT2D eigenvalue weighted by Gasteiger charge is 2.34. The minimum absolute atomic E-state index is 0.242. The predicted molar refractivity (Wildman–Crippen MR) is 80.9 cm³/mol. The zero-order valence-corrected chi connectivity index (χ0v) is 12.9. The van der Waals surface area contributed by atoms with Crippen molar-refractivity contribution < 1.29 is 9.59 Å². The fourth-order valence-corrected chi connectivity index (χ4v) is 2.95. The van der Waals surface area contributed by atoms with E-state index < -0.39 is 0 Å². The van der Waals surface area contributed by atoms with Gasteiger partial charge in [-0.25, -0.2) is 0 Å². The molecule has 100 valence electrons. The molecule has 1 aliphatic heterocycles. The topological polar surface area (TPSA) is 63.4 Å². The lowest BCUT2D eigenvalue weighted by atomic mass is 10.2. The van der Waals surface area contributed by atoms with Crippen molar-refractivity contribution >= 4 is 56.5 Å². The largest absolute Gasteiger partial charge is 0.329 e. The van der Waals surface area contributed by atoms with Crippen LogP contribution in [0.5, 0.6) is 0 Å². The lowest BCUT2D eigenvalue weighted by molar-refractivity contribution is -0.122. The molecule has 0 bridgehead atoms. The molecule has 7 heteroatoms. The molecule has 0 unspecified atom stereocenters. The van der Waals surface area contributed by atoms with Crippen LogP contribution in [-0.2, 0) is 4.79 Å². The SMILES string of the molecule is NCCN1C(=O)S/C(=C/c2ccc(Cl)c(Br)c2)C1=O. The molecule has 1 aromatic carbocycles. The normalized spacial score (nSPS) is 17.6. The molecular formula is C12H10BrClN2O2S. The minimum Gasteiger partial charge on any atom is -0.329 e. The van der Waals surface area contributed by atoms with Gasteiger partial charge in [-0.2, -0.15) is 0 Å². The summed E-state index contributed by atoms with van der Waals surface area (Å²) in [5.41, 5.74) is 6.17. The average molecular weight is 362 g/mol. The summed E-state index contributed by atoms with van der Waals surface area (Å²) in [6.07, 6.45) is 1.67. The predicted octanol–water partition coefficient (Wildman–Crippen LogP) is 3.10. The van der Waals surface area contributed by atoms with E-state index in [9.17, 15) is 9.59 Å². The summed E-state index contributed by atoms with van der Waals surface area (Å²) >= 11 is 10.1. The molecule has 2 amide bonds. The molecule has 2 N–H and O–H groups in total. The van der Waals surface area contributed by atoms with Crippen molar-refractivity contribution in [2.45, 2.75) is 0 Å². The second-order valence-electron chi connectivity index (χ2n) is 3.80. The summed E-state index contributed by atoms with van der Waals surface area (Å²) in [6, 6.07) is 5.30. The second-order valence-corrected chi connectivity index (χ2v) is 6.05. The quantitative estimate of drug-likeness (QED) is 0.840. The van der Waals surface area contributed by atoms with E-state index in [2.05, 4.69) is 15.9 Å². The van der Waals surface area contributed by atoms with Crippen LogP contribution in [0.2, 0.25) is 5.02 Å². The molecule has 0 atom stereocenters. The number of hydrogen-bond donors (Lipinski definition) is 1. The van der Waals surface area contributed by atoms with Crippen molar-refractivity contribution in [2.24, 2.45) is 5.73 Å². The molecule has 1 aromatic rings. The van der Waals surface area contributed by atoms with Crippen LogP contribution < -0.4 is 5.73 Å². The van der Waals surface area contributed by atoms with Gasteiger partial charge < -0.3 is 5.73 Å². The summed E-state index contributed by atoms with van der Waals surface area (Å²) < 4.78 is 0.740. The first kappa shape index (κ1) is 14.6. The number of hydrogen-bond acceptors (Lipinski definition) is 4. The molecule has 0 saturated carbocycles. The molecule has 0 radical (unpaired) electrons. The Bertz CT molecular complexity index is 577. The maximum absolute atomic E-state index is 12.0.